The maximum atomic E-state index is 5.70. The van der Waals surface area contributed by atoms with Gasteiger partial charge in [0.2, 0.25) is 11.8 Å². The monoisotopic (exact) mass is 307 g/mol. The van der Waals surface area contributed by atoms with Crippen LogP contribution >= 0.6 is 15.9 Å². The molecule has 0 atom stereocenters. The Morgan fingerprint density at radius 3 is 2.22 bits per heavy atom. The molecule has 0 aliphatic heterocycles. The van der Waals surface area contributed by atoms with E-state index in [-0.39, 0.29) is 5.95 Å². The standard InChI is InChI=1S/C13H14BrN3O/c1-7-4-10(5-8(2)12(7)14)18-11-6-9(3)16-13(15)17-11/h4-6H,1-3H3,(H2,15,16,17). The molecule has 0 spiro atoms. The predicted molar refractivity (Wildman–Crippen MR) is 74.9 cm³/mol. The Labute approximate surface area is 114 Å². The van der Waals surface area contributed by atoms with Gasteiger partial charge < -0.3 is 10.5 Å². The number of nitrogens with two attached hydrogens (primary N) is 1. The fraction of sp³-hybridized carbons (Fsp3) is 0.231. The molecule has 0 unspecified atom stereocenters. The summed E-state index contributed by atoms with van der Waals surface area (Å²) in [6, 6.07) is 5.65. The van der Waals surface area contributed by atoms with Crippen LogP contribution in [0.5, 0.6) is 11.6 Å². The van der Waals surface area contributed by atoms with Crippen LogP contribution in [0.4, 0.5) is 5.95 Å². The third kappa shape index (κ3) is 2.79. The lowest BCUT2D eigenvalue weighted by Crippen LogP contribution is -1.99. The quantitative estimate of drug-likeness (QED) is 0.922. The molecule has 0 fully saturated rings. The van der Waals surface area contributed by atoms with Gasteiger partial charge in [0.25, 0.3) is 0 Å². The number of hydrogen-bond donors (Lipinski definition) is 1. The first-order valence-corrected chi connectivity index (χ1v) is 6.31. The normalized spacial score (nSPS) is 10.4. The first-order valence-electron chi connectivity index (χ1n) is 5.51. The van der Waals surface area contributed by atoms with Crippen LogP contribution in [0.15, 0.2) is 22.7 Å². The fourth-order valence-corrected chi connectivity index (χ4v) is 1.93. The van der Waals surface area contributed by atoms with Gasteiger partial charge in [0.1, 0.15) is 5.75 Å². The fourth-order valence-electron chi connectivity index (χ4n) is 1.70. The molecule has 0 saturated heterocycles. The Balaban J connectivity index is 2.34. The highest BCUT2D eigenvalue weighted by Gasteiger charge is 2.06. The number of benzene rings is 1. The van der Waals surface area contributed by atoms with Crippen molar-refractivity contribution in [2.24, 2.45) is 0 Å². The van der Waals surface area contributed by atoms with Gasteiger partial charge in [-0.3, -0.25) is 0 Å². The maximum Gasteiger partial charge on any atom is 0.224 e. The van der Waals surface area contributed by atoms with Crippen molar-refractivity contribution in [2.45, 2.75) is 20.8 Å². The molecule has 0 aliphatic rings. The molecule has 0 radical (unpaired) electrons. The van der Waals surface area contributed by atoms with Gasteiger partial charge >= 0.3 is 0 Å². The Hall–Kier alpha value is -1.62. The van der Waals surface area contributed by atoms with Gasteiger partial charge in [-0.25, -0.2) is 4.98 Å². The van der Waals surface area contributed by atoms with Crippen molar-refractivity contribution >= 4 is 21.9 Å². The maximum absolute atomic E-state index is 5.70. The zero-order valence-electron chi connectivity index (χ0n) is 10.5. The van der Waals surface area contributed by atoms with Crippen LogP contribution in [0.25, 0.3) is 0 Å². The van der Waals surface area contributed by atoms with Crippen LogP contribution in [-0.2, 0) is 0 Å². The molecule has 18 heavy (non-hydrogen) atoms. The third-order valence-corrected chi connectivity index (χ3v) is 3.73. The van der Waals surface area contributed by atoms with Crippen molar-refractivity contribution in [1.82, 2.24) is 9.97 Å². The summed E-state index contributed by atoms with van der Waals surface area (Å²) in [6.07, 6.45) is 0. The molecule has 4 nitrogen and oxygen atoms in total. The number of halogens is 1. The molecular formula is C13H14BrN3O. The second-order valence-corrected chi connectivity index (χ2v) is 4.97. The summed E-state index contributed by atoms with van der Waals surface area (Å²) >= 11 is 3.52. The van der Waals surface area contributed by atoms with Gasteiger partial charge in [-0.15, -0.1) is 0 Å². The second kappa shape index (κ2) is 4.94. The summed E-state index contributed by atoms with van der Waals surface area (Å²) in [5.41, 5.74) is 8.60. The van der Waals surface area contributed by atoms with Crippen molar-refractivity contribution in [3.63, 3.8) is 0 Å². The minimum atomic E-state index is 0.218. The molecule has 1 aromatic carbocycles. The van der Waals surface area contributed by atoms with E-state index in [9.17, 15) is 0 Å². The number of hydrogen-bond acceptors (Lipinski definition) is 4. The highest BCUT2D eigenvalue weighted by molar-refractivity contribution is 9.10. The number of nitrogen functional groups attached to an aromatic ring is 1. The van der Waals surface area contributed by atoms with Gasteiger partial charge in [0.15, 0.2) is 0 Å². The summed E-state index contributed by atoms with van der Waals surface area (Å²) in [4.78, 5) is 8.05. The Kier molecular flexibility index (Phi) is 3.52. The first-order chi connectivity index (χ1) is 8.45. The smallest absolute Gasteiger partial charge is 0.224 e. The average Bonchev–Trinajstić information content (AvgIpc) is 2.24. The molecule has 1 aromatic heterocycles. The van der Waals surface area contributed by atoms with Crippen LogP contribution in [0.1, 0.15) is 16.8 Å². The van der Waals surface area contributed by atoms with Crippen molar-refractivity contribution in [1.29, 1.82) is 0 Å². The minimum Gasteiger partial charge on any atom is -0.439 e. The van der Waals surface area contributed by atoms with Crippen LogP contribution < -0.4 is 10.5 Å². The van der Waals surface area contributed by atoms with Crippen LogP contribution in [0.2, 0.25) is 0 Å². The largest absolute Gasteiger partial charge is 0.439 e. The van der Waals surface area contributed by atoms with Crippen LogP contribution in [0, 0.1) is 20.8 Å². The topological polar surface area (TPSA) is 61.0 Å². The number of ether oxygens (including phenoxy) is 1. The number of nitrogens with zero attached hydrogens (tertiary/aromatic N) is 2. The van der Waals surface area contributed by atoms with Gasteiger partial charge in [-0.05, 0) is 44.0 Å². The predicted octanol–water partition coefficient (Wildman–Crippen LogP) is 3.54. The van der Waals surface area contributed by atoms with E-state index in [2.05, 4.69) is 25.9 Å². The van der Waals surface area contributed by atoms with Gasteiger partial charge in [0, 0.05) is 16.2 Å². The lowest BCUT2D eigenvalue weighted by atomic mass is 10.1. The summed E-state index contributed by atoms with van der Waals surface area (Å²) in [6.45, 7) is 5.88. The van der Waals surface area contributed by atoms with Gasteiger partial charge in [0.05, 0.1) is 0 Å². The highest BCUT2D eigenvalue weighted by Crippen LogP contribution is 2.29. The Bertz CT molecular complexity index is 556. The molecule has 94 valence electrons. The van der Waals surface area contributed by atoms with Crippen LogP contribution in [-0.4, -0.2) is 9.97 Å². The SMILES string of the molecule is Cc1cc(Oc2cc(C)c(Br)c(C)c2)nc(N)n1. The molecule has 2 rings (SSSR count). The van der Waals surface area contributed by atoms with Crippen molar-refractivity contribution < 1.29 is 4.74 Å². The van der Waals surface area contributed by atoms with Crippen molar-refractivity contribution in [3.05, 3.63) is 39.5 Å². The number of aromatic nitrogens is 2. The minimum absolute atomic E-state index is 0.218. The molecule has 5 heteroatoms. The van der Waals surface area contributed by atoms with E-state index in [1.165, 1.54) is 0 Å². The summed E-state index contributed by atoms with van der Waals surface area (Å²) in [7, 11) is 0. The lowest BCUT2D eigenvalue weighted by Gasteiger charge is -2.09. The molecule has 0 saturated carbocycles. The molecular weight excluding hydrogens is 294 g/mol. The summed E-state index contributed by atoms with van der Waals surface area (Å²) in [5, 5.41) is 0. The number of aryl methyl sites for hydroxylation is 3. The Morgan fingerprint density at radius 2 is 1.67 bits per heavy atom. The van der Waals surface area contributed by atoms with Crippen molar-refractivity contribution in [2.75, 3.05) is 5.73 Å². The first kappa shape index (κ1) is 12.8. The Morgan fingerprint density at radius 1 is 1.06 bits per heavy atom. The summed E-state index contributed by atoms with van der Waals surface area (Å²) in [5.74, 6) is 1.42. The zero-order valence-corrected chi connectivity index (χ0v) is 12.1. The average molecular weight is 308 g/mol. The zero-order chi connectivity index (χ0) is 13.3. The highest BCUT2D eigenvalue weighted by atomic mass is 79.9. The lowest BCUT2D eigenvalue weighted by molar-refractivity contribution is 0.461. The van der Waals surface area contributed by atoms with E-state index in [4.69, 9.17) is 10.5 Å². The van der Waals surface area contributed by atoms with E-state index >= 15 is 0 Å². The van der Waals surface area contributed by atoms with Gasteiger partial charge in [-0.1, -0.05) is 15.9 Å². The van der Waals surface area contributed by atoms with E-state index in [1.807, 2.05) is 32.9 Å². The molecule has 1 heterocycles. The van der Waals surface area contributed by atoms with Gasteiger partial charge in [-0.2, -0.15) is 4.98 Å². The molecule has 0 amide bonds. The van der Waals surface area contributed by atoms with E-state index in [0.29, 0.717) is 5.88 Å². The van der Waals surface area contributed by atoms with E-state index in [0.717, 1.165) is 27.0 Å². The molecule has 0 aliphatic carbocycles. The second-order valence-electron chi connectivity index (χ2n) is 4.18. The van der Waals surface area contributed by atoms with E-state index < -0.39 is 0 Å². The summed E-state index contributed by atoms with van der Waals surface area (Å²) < 4.78 is 6.80. The van der Waals surface area contributed by atoms with Crippen molar-refractivity contribution in [3.8, 4) is 11.6 Å². The molecule has 2 N–H and O–H groups in total. The molecule has 0 bridgehead atoms. The number of anilines is 1. The van der Waals surface area contributed by atoms with E-state index in [1.54, 1.807) is 6.07 Å². The number of rotatable bonds is 2. The van der Waals surface area contributed by atoms with Crippen LogP contribution in [0.3, 0.4) is 0 Å². The molecule has 2 aromatic rings. The third-order valence-electron chi connectivity index (χ3n) is 2.48.